The van der Waals surface area contributed by atoms with E-state index in [-0.39, 0.29) is 0 Å². The quantitative estimate of drug-likeness (QED) is 0.943. The SMILES string of the molecule is c1cn2c(CC3CCSCC3)ncc2cc1N1CCNCC1. The third kappa shape index (κ3) is 2.97. The average Bonchev–Trinajstić information content (AvgIpc) is 2.99. The van der Waals surface area contributed by atoms with Gasteiger partial charge in [0.25, 0.3) is 0 Å². The molecule has 22 heavy (non-hydrogen) atoms. The minimum Gasteiger partial charge on any atom is -0.369 e. The van der Waals surface area contributed by atoms with Gasteiger partial charge in [-0.1, -0.05) is 0 Å². The van der Waals surface area contributed by atoms with E-state index in [1.54, 1.807) is 0 Å². The van der Waals surface area contributed by atoms with Crippen molar-refractivity contribution >= 4 is 23.0 Å². The van der Waals surface area contributed by atoms with Crippen LogP contribution in [0.3, 0.4) is 0 Å². The molecule has 0 radical (unpaired) electrons. The molecule has 0 bridgehead atoms. The molecule has 2 aromatic rings. The summed E-state index contributed by atoms with van der Waals surface area (Å²) in [6.45, 7) is 4.35. The van der Waals surface area contributed by atoms with E-state index in [4.69, 9.17) is 4.98 Å². The number of nitrogens with one attached hydrogen (secondary N) is 1. The van der Waals surface area contributed by atoms with Crippen LogP contribution in [0.25, 0.3) is 5.52 Å². The first-order valence-electron chi connectivity index (χ1n) is 8.39. The van der Waals surface area contributed by atoms with Crippen LogP contribution in [0.5, 0.6) is 0 Å². The van der Waals surface area contributed by atoms with Crippen LogP contribution in [0, 0.1) is 5.92 Å². The Morgan fingerprint density at radius 1 is 1.23 bits per heavy atom. The predicted octanol–water partition coefficient (Wildman–Crippen LogP) is 2.43. The van der Waals surface area contributed by atoms with Crippen LogP contribution in [-0.2, 0) is 6.42 Å². The fourth-order valence-electron chi connectivity index (χ4n) is 3.52. The summed E-state index contributed by atoms with van der Waals surface area (Å²) in [6.07, 6.45) is 8.07. The van der Waals surface area contributed by atoms with Crippen molar-refractivity contribution in [2.45, 2.75) is 19.3 Å². The topological polar surface area (TPSA) is 32.6 Å². The number of nitrogens with zero attached hydrogens (tertiary/aromatic N) is 3. The molecule has 2 saturated heterocycles. The Balaban J connectivity index is 1.54. The van der Waals surface area contributed by atoms with Gasteiger partial charge in [-0.15, -0.1) is 0 Å². The number of hydrogen-bond acceptors (Lipinski definition) is 4. The van der Waals surface area contributed by atoms with Crippen LogP contribution in [-0.4, -0.2) is 47.1 Å². The number of imidazole rings is 1. The Bertz CT molecular complexity index is 627. The molecular weight excluding hydrogens is 292 g/mol. The molecule has 4 rings (SSSR count). The van der Waals surface area contributed by atoms with Crippen LogP contribution >= 0.6 is 11.8 Å². The van der Waals surface area contributed by atoms with E-state index in [1.165, 1.54) is 41.4 Å². The van der Waals surface area contributed by atoms with Gasteiger partial charge >= 0.3 is 0 Å². The van der Waals surface area contributed by atoms with Crippen LogP contribution in [0.15, 0.2) is 24.5 Å². The molecule has 4 nitrogen and oxygen atoms in total. The highest BCUT2D eigenvalue weighted by molar-refractivity contribution is 7.99. The Kier molecular flexibility index (Phi) is 4.26. The molecule has 2 fully saturated rings. The molecule has 2 aliphatic rings. The van der Waals surface area contributed by atoms with Crippen molar-refractivity contribution < 1.29 is 0 Å². The lowest BCUT2D eigenvalue weighted by Gasteiger charge is -2.29. The number of anilines is 1. The molecule has 2 aliphatic heterocycles. The summed E-state index contributed by atoms with van der Waals surface area (Å²) in [5.41, 5.74) is 2.56. The summed E-state index contributed by atoms with van der Waals surface area (Å²) in [5, 5.41) is 3.41. The highest BCUT2D eigenvalue weighted by Crippen LogP contribution is 2.26. The second-order valence-electron chi connectivity index (χ2n) is 6.35. The van der Waals surface area contributed by atoms with Crippen molar-refractivity contribution in [2.75, 3.05) is 42.6 Å². The molecule has 5 heteroatoms. The van der Waals surface area contributed by atoms with Crippen LogP contribution in [0.2, 0.25) is 0 Å². The third-order valence-electron chi connectivity index (χ3n) is 4.89. The average molecular weight is 316 g/mol. The molecule has 4 heterocycles. The highest BCUT2D eigenvalue weighted by Gasteiger charge is 2.17. The predicted molar refractivity (Wildman–Crippen MR) is 94.0 cm³/mol. The zero-order chi connectivity index (χ0) is 14.8. The molecule has 0 atom stereocenters. The first-order chi connectivity index (χ1) is 10.9. The summed E-state index contributed by atoms with van der Waals surface area (Å²) < 4.78 is 2.29. The molecule has 2 aromatic heterocycles. The molecule has 118 valence electrons. The van der Waals surface area contributed by atoms with Crippen molar-refractivity contribution in [3.8, 4) is 0 Å². The second-order valence-corrected chi connectivity index (χ2v) is 7.58. The van der Waals surface area contributed by atoms with Gasteiger partial charge in [0.1, 0.15) is 5.82 Å². The van der Waals surface area contributed by atoms with Crippen molar-refractivity contribution in [2.24, 2.45) is 5.92 Å². The van der Waals surface area contributed by atoms with Gasteiger partial charge < -0.3 is 14.6 Å². The number of hydrogen-bond donors (Lipinski definition) is 1. The van der Waals surface area contributed by atoms with Crippen LogP contribution in [0.4, 0.5) is 5.69 Å². The lowest BCUT2D eigenvalue weighted by Crippen LogP contribution is -2.43. The first-order valence-corrected chi connectivity index (χ1v) is 9.55. The lowest BCUT2D eigenvalue weighted by atomic mass is 9.98. The Morgan fingerprint density at radius 3 is 2.86 bits per heavy atom. The summed E-state index contributed by atoms with van der Waals surface area (Å²) in [6, 6.07) is 4.54. The van der Waals surface area contributed by atoms with Gasteiger partial charge in [-0.2, -0.15) is 11.8 Å². The van der Waals surface area contributed by atoms with Gasteiger partial charge in [0.2, 0.25) is 0 Å². The summed E-state index contributed by atoms with van der Waals surface area (Å²) >= 11 is 2.09. The van der Waals surface area contributed by atoms with Gasteiger partial charge in [-0.05, 0) is 42.4 Å². The lowest BCUT2D eigenvalue weighted by molar-refractivity contribution is 0.475. The van der Waals surface area contributed by atoms with E-state index in [9.17, 15) is 0 Å². The van der Waals surface area contributed by atoms with Gasteiger partial charge in [0.15, 0.2) is 0 Å². The summed E-state index contributed by atoms with van der Waals surface area (Å²) in [4.78, 5) is 7.16. The number of aromatic nitrogens is 2. The fraction of sp³-hybridized carbons (Fsp3) is 0.588. The van der Waals surface area contributed by atoms with Gasteiger partial charge in [-0.3, -0.25) is 0 Å². The summed E-state index contributed by atoms with van der Waals surface area (Å²) in [5.74, 6) is 4.70. The molecule has 0 amide bonds. The summed E-state index contributed by atoms with van der Waals surface area (Å²) in [7, 11) is 0. The first kappa shape index (κ1) is 14.4. The number of thioether (sulfide) groups is 1. The van der Waals surface area contributed by atoms with E-state index in [1.807, 2.05) is 6.20 Å². The van der Waals surface area contributed by atoms with Crippen LogP contribution < -0.4 is 10.2 Å². The van der Waals surface area contributed by atoms with E-state index < -0.39 is 0 Å². The zero-order valence-corrected chi connectivity index (χ0v) is 13.8. The van der Waals surface area contributed by atoms with Crippen molar-refractivity contribution in [1.82, 2.24) is 14.7 Å². The van der Waals surface area contributed by atoms with Gasteiger partial charge in [0.05, 0.1) is 11.7 Å². The Hall–Kier alpha value is -1.20. The maximum Gasteiger partial charge on any atom is 0.113 e. The minimum absolute atomic E-state index is 0.819. The second kappa shape index (κ2) is 6.50. The zero-order valence-electron chi connectivity index (χ0n) is 13.0. The Labute approximate surface area is 136 Å². The van der Waals surface area contributed by atoms with Gasteiger partial charge in [-0.25, -0.2) is 4.98 Å². The number of pyridine rings is 1. The van der Waals surface area contributed by atoms with E-state index in [2.05, 4.69) is 44.7 Å². The van der Waals surface area contributed by atoms with E-state index in [0.717, 1.165) is 38.5 Å². The molecule has 0 aliphatic carbocycles. The number of rotatable bonds is 3. The molecule has 0 aromatic carbocycles. The molecule has 0 spiro atoms. The number of fused-ring (bicyclic) bond motifs is 1. The fourth-order valence-corrected chi connectivity index (χ4v) is 4.73. The van der Waals surface area contributed by atoms with Gasteiger partial charge in [0, 0.05) is 44.5 Å². The molecule has 0 saturated carbocycles. The minimum atomic E-state index is 0.819. The highest BCUT2D eigenvalue weighted by atomic mass is 32.2. The Morgan fingerprint density at radius 2 is 2.05 bits per heavy atom. The molecule has 0 unspecified atom stereocenters. The molecular formula is C17H24N4S. The van der Waals surface area contributed by atoms with Crippen LogP contribution in [0.1, 0.15) is 18.7 Å². The maximum absolute atomic E-state index is 4.70. The van der Waals surface area contributed by atoms with E-state index in [0.29, 0.717) is 0 Å². The standard InChI is InChI=1S/C17H24N4S/c1-6-21-16(12-15(1)20-7-4-18-5-8-20)13-19-17(21)11-14-2-9-22-10-3-14/h1,6,12-14,18H,2-5,7-11H2. The van der Waals surface area contributed by atoms with Crippen molar-refractivity contribution in [1.29, 1.82) is 0 Å². The largest absolute Gasteiger partial charge is 0.369 e. The normalized spacial score (nSPS) is 20.6. The van der Waals surface area contributed by atoms with Crippen molar-refractivity contribution in [3.63, 3.8) is 0 Å². The van der Waals surface area contributed by atoms with Crippen molar-refractivity contribution in [3.05, 3.63) is 30.4 Å². The smallest absolute Gasteiger partial charge is 0.113 e. The molecule has 1 N–H and O–H groups in total. The van der Waals surface area contributed by atoms with E-state index >= 15 is 0 Å². The monoisotopic (exact) mass is 316 g/mol. The third-order valence-corrected chi connectivity index (χ3v) is 5.94. The number of piperazine rings is 1. The maximum atomic E-state index is 4.70.